The standard InChI is InChI=1S/C32H39N3O4/c36-20-6-17-33(22-25-13-15-27(16-14-25)39-21-7-19-34-18-5-12-32(34)38)23-26(37)24-35-30-10-3-1-8-28(30)29-9-2-4-11-31(29)35/h1-4,8-11,13-16,26,36-37H,5-7,12,17-24H2. The van der Waals surface area contributed by atoms with Crippen LogP contribution in [-0.2, 0) is 17.9 Å². The number of amides is 1. The molecule has 1 amide bonds. The average molecular weight is 530 g/mol. The zero-order valence-corrected chi connectivity index (χ0v) is 22.5. The average Bonchev–Trinajstić information content (AvgIpc) is 3.51. The second kappa shape index (κ2) is 13.1. The fourth-order valence-electron chi connectivity index (χ4n) is 5.63. The third kappa shape index (κ3) is 6.79. The summed E-state index contributed by atoms with van der Waals surface area (Å²) in [6.07, 6.45) is 2.56. The summed E-state index contributed by atoms with van der Waals surface area (Å²) in [5.41, 5.74) is 3.39. The van der Waals surface area contributed by atoms with E-state index in [1.807, 2.05) is 29.2 Å². The zero-order chi connectivity index (χ0) is 27.0. The van der Waals surface area contributed by atoms with Crippen LogP contribution in [0.15, 0.2) is 72.8 Å². The number of para-hydroxylation sites is 2. The first-order valence-corrected chi connectivity index (χ1v) is 14.1. The van der Waals surface area contributed by atoms with Crippen molar-refractivity contribution in [2.75, 3.05) is 39.4 Å². The van der Waals surface area contributed by atoms with Gasteiger partial charge in [-0.25, -0.2) is 0 Å². The molecular formula is C32H39N3O4. The van der Waals surface area contributed by atoms with E-state index in [1.54, 1.807) is 0 Å². The third-order valence-corrected chi connectivity index (χ3v) is 7.52. The molecule has 0 bridgehead atoms. The molecule has 7 nitrogen and oxygen atoms in total. The number of aliphatic hydroxyl groups excluding tert-OH is 2. The second-order valence-corrected chi connectivity index (χ2v) is 10.4. The Balaban J connectivity index is 1.17. The Bertz CT molecular complexity index is 1310. The van der Waals surface area contributed by atoms with E-state index in [0.717, 1.165) is 48.3 Å². The number of rotatable bonds is 14. The minimum atomic E-state index is -0.562. The molecule has 1 aromatic heterocycles. The van der Waals surface area contributed by atoms with Crippen molar-refractivity contribution in [3.8, 4) is 5.75 Å². The lowest BCUT2D eigenvalue weighted by Gasteiger charge is -2.26. The number of carbonyl (C=O) groups is 1. The molecule has 2 heterocycles. The summed E-state index contributed by atoms with van der Waals surface area (Å²) >= 11 is 0. The summed E-state index contributed by atoms with van der Waals surface area (Å²) in [7, 11) is 0. The molecule has 1 fully saturated rings. The number of carbonyl (C=O) groups excluding carboxylic acids is 1. The van der Waals surface area contributed by atoms with E-state index in [2.05, 4.69) is 58.0 Å². The van der Waals surface area contributed by atoms with Crippen LogP contribution in [-0.4, -0.2) is 76.0 Å². The van der Waals surface area contributed by atoms with Crippen LogP contribution in [0.3, 0.4) is 0 Å². The molecule has 2 N–H and O–H groups in total. The van der Waals surface area contributed by atoms with E-state index in [0.29, 0.717) is 45.6 Å². The van der Waals surface area contributed by atoms with Crippen molar-refractivity contribution >= 4 is 27.7 Å². The van der Waals surface area contributed by atoms with Crippen LogP contribution in [0.2, 0.25) is 0 Å². The van der Waals surface area contributed by atoms with Gasteiger partial charge in [-0.15, -0.1) is 0 Å². The molecule has 1 saturated heterocycles. The fraction of sp³-hybridized carbons (Fsp3) is 0.406. The number of fused-ring (bicyclic) bond motifs is 3. The highest BCUT2D eigenvalue weighted by molar-refractivity contribution is 6.07. The quantitative estimate of drug-likeness (QED) is 0.236. The first kappa shape index (κ1) is 27.2. The van der Waals surface area contributed by atoms with E-state index < -0.39 is 6.10 Å². The predicted octanol–water partition coefficient (Wildman–Crippen LogP) is 4.43. The molecular weight excluding hydrogens is 490 g/mol. The molecule has 39 heavy (non-hydrogen) atoms. The molecule has 1 unspecified atom stereocenters. The van der Waals surface area contributed by atoms with Crippen LogP contribution >= 0.6 is 0 Å². The fourth-order valence-corrected chi connectivity index (χ4v) is 5.63. The maximum Gasteiger partial charge on any atom is 0.222 e. The van der Waals surface area contributed by atoms with Crippen molar-refractivity contribution in [1.29, 1.82) is 0 Å². The summed E-state index contributed by atoms with van der Waals surface area (Å²) < 4.78 is 8.11. The van der Waals surface area contributed by atoms with Crippen LogP contribution in [0.25, 0.3) is 21.8 Å². The van der Waals surface area contributed by atoms with Crippen LogP contribution < -0.4 is 4.74 Å². The van der Waals surface area contributed by atoms with Crippen LogP contribution in [0, 0.1) is 0 Å². The van der Waals surface area contributed by atoms with Gasteiger partial charge < -0.3 is 24.4 Å². The van der Waals surface area contributed by atoms with E-state index in [1.165, 1.54) is 10.8 Å². The van der Waals surface area contributed by atoms with Gasteiger partial charge in [0.05, 0.1) is 19.3 Å². The van der Waals surface area contributed by atoms with Crippen molar-refractivity contribution in [2.45, 2.75) is 44.9 Å². The first-order valence-electron chi connectivity index (χ1n) is 14.1. The summed E-state index contributed by atoms with van der Waals surface area (Å²) in [6, 6.07) is 24.8. The van der Waals surface area contributed by atoms with Crippen molar-refractivity contribution < 1.29 is 19.7 Å². The normalized spacial score (nSPS) is 14.6. The van der Waals surface area contributed by atoms with Gasteiger partial charge in [-0.3, -0.25) is 9.69 Å². The van der Waals surface area contributed by atoms with Crippen molar-refractivity contribution in [2.24, 2.45) is 0 Å². The highest BCUT2D eigenvalue weighted by Crippen LogP contribution is 2.29. The van der Waals surface area contributed by atoms with Gasteiger partial charge in [0.15, 0.2) is 0 Å². The third-order valence-electron chi connectivity index (χ3n) is 7.52. The molecule has 0 radical (unpaired) electrons. The highest BCUT2D eigenvalue weighted by Gasteiger charge is 2.19. The smallest absolute Gasteiger partial charge is 0.222 e. The molecule has 0 aliphatic carbocycles. The van der Waals surface area contributed by atoms with Gasteiger partial charge in [0.1, 0.15) is 5.75 Å². The molecule has 0 saturated carbocycles. The number of aliphatic hydroxyl groups is 2. The van der Waals surface area contributed by atoms with Crippen molar-refractivity contribution in [1.82, 2.24) is 14.4 Å². The molecule has 0 spiro atoms. The maximum atomic E-state index is 11.7. The lowest BCUT2D eigenvalue weighted by Crippen LogP contribution is -2.35. The lowest BCUT2D eigenvalue weighted by molar-refractivity contribution is -0.127. The van der Waals surface area contributed by atoms with Crippen LogP contribution in [0.4, 0.5) is 0 Å². The van der Waals surface area contributed by atoms with E-state index in [9.17, 15) is 15.0 Å². The number of ether oxygens (including phenoxy) is 1. The largest absolute Gasteiger partial charge is 0.494 e. The monoisotopic (exact) mass is 529 g/mol. The second-order valence-electron chi connectivity index (χ2n) is 10.4. The maximum absolute atomic E-state index is 11.7. The molecule has 1 aliphatic heterocycles. The highest BCUT2D eigenvalue weighted by atomic mass is 16.5. The van der Waals surface area contributed by atoms with Gasteiger partial charge in [0.2, 0.25) is 5.91 Å². The first-order chi connectivity index (χ1) is 19.1. The molecule has 1 aliphatic rings. The topological polar surface area (TPSA) is 78.2 Å². The molecule has 206 valence electrons. The summed E-state index contributed by atoms with van der Waals surface area (Å²) in [4.78, 5) is 15.9. The van der Waals surface area contributed by atoms with Crippen molar-refractivity contribution in [3.63, 3.8) is 0 Å². The SMILES string of the molecule is O=C1CCCN1CCCOc1ccc(CN(CCCO)CC(O)Cn2c3ccccc3c3ccccc32)cc1. The Labute approximate surface area is 230 Å². The van der Waals surface area contributed by atoms with Gasteiger partial charge in [0, 0.05) is 67.6 Å². The number of hydrogen-bond acceptors (Lipinski definition) is 5. The van der Waals surface area contributed by atoms with E-state index >= 15 is 0 Å². The number of hydrogen-bond donors (Lipinski definition) is 2. The summed E-state index contributed by atoms with van der Waals surface area (Å²) in [6.45, 7) is 4.72. The van der Waals surface area contributed by atoms with Crippen LogP contribution in [0.1, 0.15) is 31.2 Å². The summed E-state index contributed by atoms with van der Waals surface area (Å²) in [5.74, 6) is 1.07. The summed E-state index contributed by atoms with van der Waals surface area (Å²) in [5, 5.41) is 23.0. The Morgan fingerprint density at radius 1 is 0.923 bits per heavy atom. The Morgan fingerprint density at radius 2 is 1.62 bits per heavy atom. The van der Waals surface area contributed by atoms with E-state index in [4.69, 9.17) is 4.74 Å². The Hall–Kier alpha value is -3.39. The number of aromatic nitrogens is 1. The van der Waals surface area contributed by atoms with E-state index in [-0.39, 0.29) is 12.5 Å². The zero-order valence-electron chi connectivity index (χ0n) is 22.5. The molecule has 4 aromatic rings. The molecule has 5 rings (SSSR count). The molecule has 1 atom stereocenters. The number of benzene rings is 3. The van der Waals surface area contributed by atoms with Gasteiger partial charge in [-0.1, -0.05) is 48.5 Å². The number of nitrogens with zero attached hydrogens (tertiary/aromatic N) is 3. The Morgan fingerprint density at radius 3 is 2.26 bits per heavy atom. The molecule has 7 heteroatoms. The van der Waals surface area contributed by atoms with Gasteiger partial charge in [-0.05, 0) is 49.1 Å². The van der Waals surface area contributed by atoms with Gasteiger partial charge >= 0.3 is 0 Å². The molecule has 3 aromatic carbocycles. The minimum absolute atomic E-state index is 0.120. The Kier molecular flexibility index (Phi) is 9.14. The van der Waals surface area contributed by atoms with Crippen LogP contribution in [0.5, 0.6) is 5.75 Å². The minimum Gasteiger partial charge on any atom is -0.494 e. The van der Waals surface area contributed by atoms with Crippen molar-refractivity contribution in [3.05, 3.63) is 78.4 Å². The lowest BCUT2D eigenvalue weighted by atomic mass is 10.2. The van der Waals surface area contributed by atoms with Gasteiger partial charge in [-0.2, -0.15) is 0 Å². The number of likely N-dealkylation sites (tertiary alicyclic amines) is 1. The predicted molar refractivity (Wildman–Crippen MR) is 155 cm³/mol. The van der Waals surface area contributed by atoms with Gasteiger partial charge in [0.25, 0.3) is 0 Å².